The van der Waals surface area contributed by atoms with Crippen molar-refractivity contribution in [1.82, 2.24) is 19.5 Å². The number of aromatic amines is 1. The number of rotatable bonds is 8. The fourth-order valence-corrected chi connectivity index (χ4v) is 5.93. The lowest BCUT2D eigenvalue weighted by molar-refractivity contribution is -0.133. The zero-order chi connectivity index (χ0) is 24.8. The normalized spacial score (nSPS) is 28.6. The van der Waals surface area contributed by atoms with E-state index in [2.05, 4.69) is 32.6 Å². The van der Waals surface area contributed by atoms with Gasteiger partial charge in [-0.05, 0) is 0 Å². The van der Waals surface area contributed by atoms with E-state index in [1.165, 1.54) is 0 Å². The van der Waals surface area contributed by atoms with Gasteiger partial charge < -0.3 is 39.4 Å². The first kappa shape index (κ1) is 25.6. The van der Waals surface area contributed by atoms with Crippen molar-refractivity contribution in [1.29, 1.82) is 0 Å². The van der Waals surface area contributed by atoms with Gasteiger partial charge in [0.25, 0.3) is 5.56 Å². The summed E-state index contributed by atoms with van der Waals surface area (Å²) in [6.07, 6.45) is -8.18. The second kappa shape index (κ2) is 8.95. The molecule has 23 heteroatoms. The summed E-state index contributed by atoms with van der Waals surface area (Å²) in [6.45, 7) is 0. The molecule has 2 aromatic heterocycles. The number of ether oxygens (including phenoxy) is 1. The number of nitrogens with zero attached hydrogens (tertiary/aromatic N) is 3. The van der Waals surface area contributed by atoms with Crippen LogP contribution in [0, 0.1) is 0 Å². The second-order valence-electron chi connectivity index (χ2n) is 5.96. The number of imidazole rings is 1. The molecule has 2 aromatic rings. The SMILES string of the molecule is O=C(O)OP(=O)(O)OP(=O)(O)OP(=O)(O)OC1OC(n2cnc3c(=O)[nH]cnc32)C(O)C1O. The summed E-state index contributed by atoms with van der Waals surface area (Å²) in [6, 6.07) is 0. The van der Waals surface area contributed by atoms with E-state index in [1.807, 2.05) is 0 Å². The minimum absolute atomic E-state index is 0.121. The van der Waals surface area contributed by atoms with Gasteiger partial charge in [0.05, 0.1) is 12.7 Å². The first-order chi connectivity index (χ1) is 15.1. The number of aliphatic hydroxyl groups excluding tert-OH is 2. The molecule has 7 unspecified atom stereocenters. The van der Waals surface area contributed by atoms with Crippen LogP contribution >= 0.6 is 23.5 Å². The quantitative estimate of drug-likeness (QED) is 0.193. The zero-order valence-corrected chi connectivity index (χ0v) is 18.1. The monoisotopic (exact) mass is 538 g/mol. The lowest BCUT2D eigenvalue weighted by atomic mass is 10.2. The highest BCUT2D eigenvalue weighted by Gasteiger charge is 2.50. The van der Waals surface area contributed by atoms with Crippen molar-refractivity contribution in [2.24, 2.45) is 0 Å². The van der Waals surface area contributed by atoms with Crippen LogP contribution in [0.4, 0.5) is 4.79 Å². The summed E-state index contributed by atoms with van der Waals surface area (Å²) >= 11 is 0. The molecule has 33 heavy (non-hydrogen) atoms. The molecule has 0 bridgehead atoms. The number of phosphoric acid groups is 3. The number of H-pyrrole nitrogens is 1. The van der Waals surface area contributed by atoms with E-state index in [-0.39, 0.29) is 11.2 Å². The van der Waals surface area contributed by atoms with Crippen LogP contribution in [0.1, 0.15) is 6.23 Å². The first-order valence-electron chi connectivity index (χ1n) is 8.04. The predicted octanol–water partition coefficient (Wildman–Crippen LogP) is -1.26. The molecule has 1 fully saturated rings. The Morgan fingerprint density at radius 3 is 2.33 bits per heavy atom. The maximum atomic E-state index is 12.0. The van der Waals surface area contributed by atoms with Crippen LogP contribution in [-0.2, 0) is 36.1 Å². The smallest absolute Gasteiger partial charge is 0.449 e. The molecule has 0 radical (unpaired) electrons. The highest BCUT2D eigenvalue weighted by atomic mass is 31.3. The van der Waals surface area contributed by atoms with Gasteiger partial charge >= 0.3 is 29.6 Å². The van der Waals surface area contributed by atoms with E-state index < -0.39 is 59.9 Å². The molecule has 0 amide bonds. The molecule has 1 aliphatic rings. The van der Waals surface area contributed by atoms with Gasteiger partial charge in [0.15, 0.2) is 23.7 Å². The molecule has 184 valence electrons. The van der Waals surface area contributed by atoms with E-state index in [0.29, 0.717) is 0 Å². The van der Waals surface area contributed by atoms with Gasteiger partial charge in [0.2, 0.25) is 0 Å². The van der Waals surface area contributed by atoms with Gasteiger partial charge in [0.1, 0.15) is 12.2 Å². The largest absolute Gasteiger partial charge is 0.541 e. The Bertz CT molecular complexity index is 1260. The van der Waals surface area contributed by atoms with Crippen LogP contribution in [0.25, 0.3) is 11.2 Å². The fourth-order valence-electron chi connectivity index (χ4n) is 2.54. The third-order valence-corrected chi connectivity index (χ3v) is 7.84. The molecule has 3 heterocycles. The summed E-state index contributed by atoms with van der Waals surface area (Å²) in [5.74, 6) is 0. The van der Waals surface area contributed by atoms with Crippen molar-refractivity contribution in [2.75, 3.05) is 0 Å². The number of fused-ring (bicyclic) bond motifs is 1. The lowest BCUT2D eigenvalue weighted by Gasteiger charge is -2.20. The molecule has 20 nitrogen and oxygen atoms in total. The molecule has 0 saturated carbocycles. The van der Waals surface area contributed by atoms with Gasteiger partial charge in [-0.25, -0.2) is 28.5 Å². The topological polar surface area (TPSA) is 299 Å². The van der Waals surface area contributed by atoms with Crippen LogP contribution in [0.2, 0.25) is 0 Å². The van der Waals surface area contributed by atoms with Gasteiger partial charge in [-0.15, -0.1) is 0 Å². The molecule has 0 aromatic carbocycles. The minimum Gasteiger partial charge on any atom is -0.449 e. The average molecular weight is 538 g/mol. The van der Waals surface area contributed by atoms with Crippen LogP contribution in [0.5, 0.6) is 0 Å². The Balaban J connectivity index is 1.74. The molecule has 0 spiro atoms. The van der Waals surface area contributed by atoms with Crippen molar-refractivity contribution in [2.45, 2.75) is 24.7 Å². The summed E-state index contributed by atoms with van der Waals surface area (Å²) in [7, 11) is -17.5. The van der Waals surface area contributed by atoms with Crippen molar-refractivity contribution >= 4 is 40.8 Å². The van der Waals surface area contributed by atoms with Crippen molar-refractivity contribution in [3.05, 3.63) is 23.0 Å². The predicted molar refractivity (Wildman–Crippen MR) is 95.9 cm³/mol. The Morgan fingerprint density at radius 2 is 1.70 bits per heavy atom. The zero-order valence-electron chi connectivity index (χ0n) is 15.4. The maximum absolute atomic E-state index is 12.0. The lowest BCUT2D eigenvalue weighted by Crippen LogP contribution is -2.32. The summed E-state index contributed by atoms with van der Waals surface area (Å²) < 4.78 is 55.9. The van der Waals surface area contributed by atoms with E-state index in [4.69, 9.17) is 14.7 Å². The molecule has 3 rings (SSSR count). The van der Waals surface area contributed by atoms with Crippen LogP contribution in [0.3, 0.4) is 0 Å². The molecule has 7 atom stereocenters. The number of nitrogens with one attached hydrogen (secondary N) is 1. The first-order valence-corrected chi connectivity index (χ1v) is 12.5. The van der Waals surface area contributed by atoms with E-state index in [0.717, 1.165) is 17.2 Å². The van der Waals surface area contributed by atoms with E-state index >= 15 is 0 Å². The van der Waals surface area contributed by atoms with Gasteiger partial charge in [-0.1, -0.05) is 0 Å². The Morgan fingerprint density at radius 1 is 1.06 bits per heavy atom. The second-order valence-corrected chi connectivity index (χ2v) is 10.5. The van der Waals surface area contributed by atoms with Crippen molar-refractivity contribution < 1.29 is 70.9 Å². The maximum Gasteiger partial charge on any atom is 0.541 e. The summed E-state index contributed by atoms with van der Waals surface area (Å²) in [4.78, 5) is 59.7. The Kier molecular flexibility index (Phi) is 6.94. The molecule has 1 aliphatic heterocycles. The fraction of sp³-hybridized carbons (Fsp3) is 0.400. The number of aliphatic hydroxyl groups is 2. The van der Waals surface area contributed by atoms with Gasteiger partial charge in [-0.3, -0.25) is 18.8 Å². The minimum atomic E-state index is -5.99. The van der Waals surface area contributed by atoms with Crippen LogP contribution < -0.4 is 5.56 Å². The molecular weight excluding hydrogens is 525 g/mol. The van der Waals surface area contributed by atoms with E-state index in [1.54, 1.807) is 0 Å². The van der Waals surface area contributed by atoms with Crippen LogP contribution in [0.15, 0.2) is 17.4 Å². The molecule has 1 saturated heterocycles. The number of carbonyl (C=O) groups is 1. The third-order valence-electron chi connectivity index (χ3n) is 3.68. The van der Waals surface area contributed by atoms with Crippen molar-refractivity contribution in [3.8, 4) is 0 Å². The third kappa shape index (κ3) is 5.90. The average Bonchev–Trinajstić information content (AvgIpc) is 3.15. The number of carboxylic acid groups (broad SMARTS) is 1. The standard InChI is InChI=1S/C10H13N4O16P3/c15-4-5(16)9(26-8(4)14-2-13-3-6(14)11-1-12-7(3)17)27-31(20,21)29-33(24,25)30-32(22,23)28-10(18)19/h1-2,4-5,8-9,15-16H,(H,18,19)(H,20,21)(H,22,23)(H,24,25)(H,11,12,17). The van der Waals surface area contributed by atoms with Gasteiger partial charge in [0, 0.05) is 0 Å². The number of aromatic nitrogens is 4. The number of hydrogen-bond acceptors (Lipinski definition) is 14. The van der Waals surface area contributed by atoms with E-state index in [9.17, 15) is 43.3 Å². The summed E-state index contributed by atoms with van der Waals surface area (Å²) in [5.41, 5.74) is -0.956. The van der Waals surface area contributed by atoms with Gasteiger partial charge in [-0.2, -0.15) is 8.62 Å². The van der Waals surface area contributed by atoms with Crippen LogP contribution in [-0.4, -0.2) is 74.2 Å². The molecule has 0 aliphatic carbocycles. The molecular formula is C10H13N4O16P3. The highest BCUT2D eigenvalue weighted by Crippen LogP contribution is 2.68. The summed E-state index contributed by atoms with van der Waals surface area (Å²) in [5, 5.41) is 28.5. The van der Waals surface area contributed by atoms with Crippen molar-refractivity contribution in [3.63, 3.8) is 0 Å². The number of hydrogen-bond donors (Lipinski definition) is 7. The Hall–Kier alpha value is -2.05. The number of phosphoric ester groups is 2. The molecule has 7 N–H and O–H groups in total. The highest BCUT2D eigenvalue weighted by molar-refractivity contribution is 7.67. The Labute approximate surface area is 179 Å².